The summed E-state index contributed by atoms with van der Waals surface area (Å²) >= 11 is 0. The third-order valence-corrected chi connectivity index (χ3v) is 7.54. The van der Waals surface area contributed by atoms with Crippen molar-refractivity contribution in [2.24, 2.45) is 0 Å². The molecule has 0 radical (unpaired) electrons. The molecule has 0 heteroatoms. The first-order chi connectivity index (χ1) is 17.5. The third-order valence-electron chi connectivity index (χ3n) is 7.54. The molecule has 186 valence electrons. The average molecular weight is 475 g/mol. The number of hydrogen-bond acceptors (Lipinski definition) is 0. The van der Waals surface area contributed by atoms with E-state index in [-0.39, 0.29) is 0 Å². The summed E-state index contributed by atoms with van der Waals surface area (Å²) in [5, 5.41) is 0. The van der Waals surface area contributed by atoms with E-state index in [1.54, 1.807) is 0 Å². The van der Waals surface area contributed by atoms with Crippen molar-refractivity contribution >= 4 is 0 Å². The second kappa shape index (κ2) is 11.7. The molecule has 0 amide bonds. The minimum Gasteiger partial charge on any atom is -0.0613 e. The maximum absolute atomic E-state index is 2.41. The van der Waals surface area contributed by atoms with Gasteiger partial charge in [-0.2, -0.15) is 0 Å². The summed E-state index contributed by atoms with van der Waals surface area (Å²) in [4.78, 5) is 0. The van der Waals surface area contributed by atoms with E-state index in [1.807, 2.05) is 0 Å². The van der Waals surface area contributed by atoms with Gasteiger partial charge in [0.15, 0.2) is 0 Å². The predicted molar refractivity (Wildman–Crippen MR) is 159 cm³/mol. The molecule has 0 aliphatic heterocycles. The fourth-order valence-electron chi connectivity index (χ4n) is 5.14. The normalized spacial score (nSPS) is 11.2. The van der Waals surface area contributed by atoms with Crippen molar-refractivity contribution in [2.75, 3.05) is 0 Å². The molecule has 4 aromatic rings. The molecule has 0 saturated heterocycles. The van der Waals surface area contributed by atoms with Crippen LogP contribution in [0, 0.1) is 0 Å². The first-order valence-electron chi connectivity index (χ1n) is 14.0. The van der Waals surface area contributed by atoms with Crippen LogP contribution in [0.1, 0.15) is 74.9 Å². The summed E-state index contributed by atoms with van der Waals surface area (Å²) in [6.45, 7) is 13.5. The van der Waals surface area contributed by atoms with E-state index in [0.717, 1.165) is 38.5 Å². The molecule has 36 heavy (non-hydrogen) atoms. The largest absolute Gasteiger partial charge is 0.0613 e. The van der Waals surface area contributed by atoms with Crippen LogP contribution in [0.5, 0.6) is 0 Å². The SMILES string of the molecule is CCc1cc(CC)cc(-c2cc(-c3cc(CC)cc(CC)c3)cc(-c3cc(CC)cc(CC)c3)c2)c1. The van der Waals surface area contributed by atoms with Crippen molar-refractivity contribution in [3.63, 3.8) is 0 Å². The Bertz CT molecular complexity index is 1090. The molecule has 0 aliphatic rings. The van der Waals surface area contributed by atoms with Crippen molar-refractivity contribution in [2.45, 2.75) is 80.1 Å². The number of hydrogen-bond donors (Lipinski definition) is 0. The highest BCUT2D eigenvalue weighted by atomic mass is 14.2. The lowest BCUT2D eigenvalue weighted by Gasteiger charge is -2.16. The van der Waals surface area contributed by atoms with Crippen LogP contribution in [-0.4, -0.2) is 0 Å². The minimum atomic E-state index is 1.06. The Balaban J connectivity index is 1.98. The maximum atomic E-state index is 2.41. The van der Waals surface area contributed by atoms with Crippen LogP contribution in [0.25, 0.3) is 33.4 Å². The quantitative estimate of drug-likeness (QED) is 0.226. The molecule has 0 spiro atoms. The molecule has 0 unspecified atom stereocenters. The highest BCUT2D eigenvalue weighted by Crippen LogP contribution is 2.35. The Labute approximate surface area is 219 Å². The van der Waals surface area contributed by atoms with Gasteiger partial charge in [-0.25, -0.2) is 0 Å². The Kier molecular flexibility index (Phi) is 8.47. The fraction of sp³-hybridized carbons (Fsp3) is 0.333. The minimum absolute atomic E-state index is 1.06. The zero-order valence-corrected chi connectivity index (χ0v) is 23.2. The first-order valence-corrected chi connectivity index (χ1v) is 14.0. The topological polar surface area (TPSA) is 0 Å². The smallest absolute Gasteiger partial charge is 0.0171 e. The molecule has 0 bridgehead atoms. The summed E-state index contributed by atoms with van der Waals surface area (Å²) in [5.41, 5.74) is 16.4. The Morgan fingerprint density at radius 3 is 0.583 bits per heavy atom. The Hall–Kier alpha value is -3.12. The van der Waals surface area contributed by atoms with Gasteiger partial charge in [0.05, 0.1) is 0 Å². The monoisotopic (exact) mass is 474 g/mol. The highest BCUT2D eigenvalue weighted by Gasteiger charge is 2.11. The van der Waals surface area contributed by atoms with Gasteiger partial charge in [-0.1, -0.05) is 96.1 Å². The van der Waals surface area contributed by atoms with E-state index in [9.17, 15) is 0 Å². The zero-order valence-electron chi connectivity index (χ0n) is 23.2. The summed E-state index contributed by atoms with van der Waals surface area (Å²) in [6, 6.07) is 28.7. The van der Waals surface area contributed by atoms with Gasteiger partial charge < -0.3 is 0 Å². The lowest BCUT2D eigenvalue weighted by atomic mass is 9.89. The van der Waals surface area contributed by atoms with Gasteiger partial charge in [0.2, 0.25) is 0 Å². The van der Waals surface area contributed by atoms with Crippen LogP contribution in [0.4, 0.5) is 0 Å². The van der Waals surface area contributed by atoms with E-state index in [2.05, 4.69) is 114 Å². The number of aryl methyl sites for hydroxylation is 6. The van der Waals surface area contributed by atoms with Crippen LogP contribution in [0.15, 0.2) is 72.8 Å². The standard InChI is InChI=1S/C36H42/c1-7-25-13-26(8-2)17-31(16-25)34-22-35(32-18-27(9-3)14-28(10-4)19-32)24-36(23-34)33-20-29(11-5)15-30(12-6)21-33/h13-24H,7-12H2,1-6H3. The lowest BCUT2D eigenvalue weighted by molar-refractivity contribution is 1.09. The molecular formula is C36H42. The van der Waals surface area contributed by atoms with E-state index in [0.29, 0.717) is 0 Å². The molecule has 0 nitrogen and oxygen atoms in total. The van der Waals surface area contributed by atoms with Gasteiger partial charge in [-0.05, 0) is 123 Å². The van der Waals surface area contributed by atoms with Gasteiger partial charge in [-0.15, -0.1) is 0 Å². The molecular weight excluding hydrogens is 432 g/mol. The summed E-state index contributed by atoms with van der Waals surface area (Å²) < 4.78 is 0. The van der Waals surface area contributed by atoms with E-state index >= 15 is 0 Å². The molecule has 0 N–H and O–H groups in total. The zero-order chi connectivity index (χ0) is 25.7. The summed E-state index contributed by atoms with van der Waals surface area (Å²) in [6.07, 6.45) is 6.36. The summed E-state index contributed by atoms with van der Waals surface area (Å²) in [7, 11) is 0. The number of rotatable bonds is 9. The first kappa shape index (κ1) is 26.0. The van der Waals surface area contributed by atoms with E-state index in [1.165, 1.54) is 66.8 Å². The Morgan fingerprint density at radius 1 is 0.250 bits per heavy atom. The van der Waals surface area contributed by atoms with Crippen LogP contribution in [0.2, 0.25) is 0 Å². The molecule has 0 aromatic heterocycles. The van der Waals surface area contributed by atoms with Crippen molar-refractivity contribution in [3.05, 3.63) is 106 Å². The Morgan fingerprint density at radius 2 is 0.417 bits per heavy atom. The average Bonchev–Trinajstić information content (AvgIpc) is 2.95. The van der Waals surface area contributed by atoms with Crippen LogP contribution in [0.3, 0.4) is 0 Å². The molecule has 0 heterocycles. The molecule has 0 atom stereocenters. The van der Waals surface area contributed by atoms with Gasteiger partial charge in [0.25, 0.3) is 0 Å². The van der Waals surface area contributed by atoms with E-state index < -0.39 is 0 Å². The van der Waals surface area contributed by atoms with Crippen LogP contribution < -0.4 is 0 Å². The lowest BCUT2D eigenvalue weighted by Crippen LogP contribution is -1.93. The van der Waals surface area contributed by atoms with Crippen molar-refractivity contribution in [1.82, 2.24) is 0 Å². The molecule has 0 saturated carbocycles. The third kappa shape index (κ3) is 5.81. The van der Waals surface area contributed by atoms with Gasteiger partial charge >= 0.3 is 0 Å². The second-order valence-corrected chi connectivity index (χ2v) is 10.0. The van der Waals surface area contributed by atoms with Gasteiger partial charge in [-0.3, -0.25) is 0 Å². The summed E-state index contributed by atoms with van der Waals surface area (Å²) in [5.74, 6) is 0. The van der Waals surface area contributed by atoms with Crippen molar-refractivity contribution < 1.29 is 0 Å². The molecule has 4 aromatic carbocycles. The second-order valence-electron chi connectivity index (χ2n) is 10.0. The van der Waals surface area contributed by atoms with Crippen molar-refractivity contribution in [3.8, 4) is 33.4 Å². The van der Waals surface area contributed by atoms with Gasteiger partial charge in [0.1, 0.15) is 0 Å². The maximum Gasteiger partial charge on any atom is -0.0171 e. The van der Waals surface area contributed by atoms with Crippen LogP contribution >= 0.6 is 0 Å². The molecule has 0 fully saturated rings. The fourth-order valence-corrected chi connectivity index (χ4v) is 5.14. The van der Waals surface area contributed by atoms with Gasteiger partial charge in [0, 0.05) is 0 Å². The molecule has 0 aliphatic carbocycles. The predicted octanol–water partition coefficient (Wildman–Crippen LogP) is 10.1. The molecule has 4 rings (SSSR count). The highest BCUT2D eigenvalue weighted by molar-refractivity contribution is 5.82. The number of benzene rings is 4. The van der Waals surface area contributed by atoms with E-state index in [4.69, 9.17) is 0 Å². The van der Waals surface area contributed by atoms with Crippen LogP contribution in [-0.2, 0) is 38.5 Å². The van der Waals surface area contributed by atoms with Crippen molar-refractivity contribution in [1.29, 1.82) is 0 Å².